The number of aromatic hydroxyl groups is 2. The molecular weight excluding hydrogens is 282 g/mol. The fraction of sp³-hybridized carbons (Fsp3) is 0.125. The van der Waals surface area contributed by atoms with Gasteiger partial charge >= 0.3 is 0 Å². The first-order valence-corrected chi connectivity index (χ1v) is 6.85. The van der Waals surface area contributed by atoms with Gasteiger partial charge in [-0.25, -0.2) is 0 Å². The standard InChI is InChI=1S/C16H15N3O3/c20-14-5-1-10(7-15(14)21)2-6-16(22)18-12-3-4-13-11(8-12)9-17-19-13/h1,3-5,7-9,20-21H,2,6H2,(H,17,19)(H,18,22). The van der Waals surface area contributed by atoms with Gasteiger partial charge in [-0.1, -0.05) is 6.07 Å². The van der Waals surface area contributed by atoms with Gasteiger partial charge in [0.25, 0.3) is 0 Å². The lowest BCUT2D eigenvalue weighted by atomic mass is 10.1. The van der Waals surface area contributed by atoms with Gasteiger partial charge in [0.1, 0.15) is 0 Å². The molecule has 3 rings (SSSR count). The van der Waals surface area contributed by atoms with Gasteiger partial charge in [0.15, 0.2) is 11.5 Å². The molecular formula is C16H15N3O3. The van der Waals surface area contributed by atoms with Crippen LogP contribution >= 0.6 is 0 Å². The van der Waals surface area contributed by atoms with Gasteiger partial charge in [0.2, 0.25) is 5.91 Å². The summed E-state index contributed by atoms with van der Waals surface area (Å²) in [5, 5.41) is 29.2. The highest BCUT2D eigenvalue weighted by atomic mass is 16.3. The number of hydrogen-bond donors (Lipinski definition) is 4. The molecule has 1 aromatic heterocycles. The summed E-state index contributed by atoms with van der Waals surface area (Å²) in [6, 6.07) is 10.1. The average molecular weight is 297 g/mol. The molecule has 22 heavy (non-hydrogen) atoms. The van der Waals surface area contributed by atoms with Gasteiger partial charge in [0, 0.05) is 17.5 Å². The lowest BCUT2D eigenvalue weighted by molar-refractivity contribution is -0.116. The summed E-state index contributed by atoms with van der Waals surface area (Å²) < 4.78 is 0. The number of carbonyl (C=O) groups excluding carboxylic acids is 1. The number of aromatic amines is 1. The number of anilines is 1. The Morgan fingerprint density at radius 3 is 2.82 bits per heavy atom. The molecule has 0 spiro atoms. The van der Waals surface area contributed by atoms with Gasteiger partial charge < -0.3 is 15.5 Å². The van der Waals surface area contributed by atoms with E-state index in [1.54, 1.807) is 12.3 Å². The molecule has 0 bridgehead atoms. The minimum atomic E-state index is -0.177. The highest BCUT2D eigenvalue weighted by Gasteiger charge is 2.06. The van der Waals surface area contributed by atoms with E-state index in [9.17, 15) is 15.0 Å². The molecule has 0 aliphatic heterocycles. The Balaban J connectivity index is 1.60. The number of carbonyl (C=O) groups is 1. The largest absolute Gasteiger partial charge is 0.504 e. The molecule has 2 aromatic carbocycles. The minimum absolute atomic E-state index is 0.115. The molecule has 6 heteroatoms. The minimum Gasteiger partial charge on any atom is -0.504 e. The maximum absolute atomic E-state index is 12.0. The van der Waals surface area contributed by atoms with E-state index in [1.165, 1.54) is 12.1 Å². The van der Waals surface area contributed by atoms with Crippen molar-refractivity contribution in [3.05, 3.63) is 48.2 Å². The van der Waals surface area contributed by atoms with Crippen LogP contribution in [0, 0.1) is 0 Å². The van der Waals surface area contributed by atoms with E-state index in [2.05, 4.69) is 15.5 Å². The summed E-state index contributed by atoms with van der Waals surface area (Å²) in [7, 11) is 0. The zero-order valence-corrected chi connectivity index (χ0v) is 11.7. The highest BCUT2D eigenvalue weighted by molar-refractivity contribution is 5.93. The molecule has 0 aliphatic rings. The van der Waals surface area contributed by atoms with Crippen LogP contribution in [-0.4, -0.2) is 26.3 Å². The van der Waals surface area contributed by atoms with Crippen molar-refractivity contribution >= 4 is 22.5 Å². The predicted molar refractivity (Wildman–Crippen MR) is 82.8 cm³/mol. The van der Waals surface area contributed by atoms with Crippen molar-refractivity contribution in [2.75, 3.05) is 5.32 Å². The zero-order valence-electron chi connectivity index (χ0n) is 11.7. The van der Waals surface area contributed by atoms with Crippen molar-refractivity contribution in [2.45, 2.75) is 12.8 Å². The molecule has 0 saturated heterocycles. The number of nitrogens with one attached hydrogen (secondary N) is 2. The lowest BCUT2D eigenvalue weighted by Gasteiger charge is -2.06. The van der Waals surface area contributed by atoms with Crippen LogP contribution in [0.1, 0.15) is 12.0 Å². The maximum Gasteiger partial charge on any atom is 0.224 e. The third-order valence-electron chi connectivity index (χ3n) is 3.40. The van der Waals surface area contributed by atoms with E-state index < -0.39 is 0 Å². The van der Waals surface area contributed by atoms with Crippen molar-refractivity contribution < 1.29 is 15.0 Å². The molecule has 1 heterocycles. The second-order valence-corrected chi connectivity index (χ2v) is 5.04. The molecule has 1 amide bonds. The summed E-state index contributed by atoms with van der Waals surface area (Å²) in [6.45, 7) is 0. The van der Waals surface area contributed by atoms with Crippen molar-refractivity contribution in [3.8, 4) is 11.5 Å². The van der Waals surface area contributed by atoms with E-state index in [0.29, 0.717) is 12.1 Å². The SMILES string of the molecule is O=C(CCc1ccc(O)c(O)c1)Nc1ccc2[nH]ncc2c1. The van der Waals surface area contributed by atoms with E-state index >= 15 is 0 Å². The van der Waals surface area contributed by atoms with E-state index in [4.69, 9.17) is 0 Å². The van der Waals surface area contributed by atoms with Crippen molar-refractivity contribution in [1.29, 1.82) is 0 Å². The topological polar surface area (TPSA) is 98.2 Å². The lowest BCUT2D eigenvalue weighted by Crippen LogP contribution is -2.12. The highest BCUT2D eigenvalue weighted by Crippen LogP contribution is 2.25. The van der Waals surface area contributed by atoms with Crippen molar-refractivity contribution in [2.24, 2.45) is 0 Å². The molecule has 3 aromatic rings. The van der Waals surface area contributed by atoms with Crippen molar-refractivity contribution in [3.63, 3.8) is 0 Å². The zero-order chi connectivity index (χ0) is 15.5. The number of rotatable bonds is 4. The Hall–Kier alpha value is -3.02. The van der Waals surface area contributed by atoms with E-state index in [1.807, 2.05) is 18.2 Å². The summed E-state index contributed by atoms with van der Waals surface area (Å²) in [5.41, 5.74) is 2.42. The number of fused-ring (bicyclic) bond motifs is 1. The van der Waals surface area contributed by atoms with Crippen LogP contribution in [0.5, 0.6) is 11.5 Å². The van der Waals surface area contributed by atoms with Crippen LogP contribution in [0.25, 0.3) is 10.9 Å². The first-order valence-electron chi connectivity index (χ1n) is 6.85. The molecule has 0 radical (unpaired) electrons. The second kappa shape index (κ2) is 5.77. The number of hydrogen-bond acceptors (Lipinski definition) is 4. The van der Waals surface area contributed by atoms with Crippen LogP contribution < -0.4 is 5.32 Å². The normalized spacial score (nSPS) is 10.7. The van der Waals surface area contributed by atoms with Crippen LogP contribution in [0.15, 0.2) is 42.6 Å². The Bertz CT molecular complexity index is 826. The number of phenols is 2. The Kier molecular flexibility index (Phi) is 3.65. The number of nitrogens with zero attached hydrogens (tertiary/aromatic N) is 1. The third kappa shape index (κ3) is 3.01. The third-order valence-corrected chi connectivity index (χ3v) is 3.40. The molecule has 0 atom stereocenters. The average Bonchev–Trinajstić information content (AvgIpc) is 2.96. The molecule has 0 aliphatic carbocycles. The van der Waals surface area contributed by atoms with Gasteiger partial charge in [0.05, 0.1) is 11.7 Å². The fourth-order valence-corrected chi connectivity index (χ4v) is 2.23. The molecule has 0 fully saturated rings. The predicted octanol–water partition coefficient (Wildman–Crippen LogP) is 2.55. The number of phenolic OH excluding ortho intramolecular Hbond substituents is 2. The van der Waals surface area contributed by atoms with Crippen LogP contribution in [0.4, 0.5) is 5.69 Å². The smallest absolute Gasteiger partial charge is 0.224 e. The number of aromatic nitrogens is 2. The second-order valence-electron chi connectivity index (χ2n) is 5.04. The van der Waals surface area contributed by atoms with Gasteiger partial charge in [-0.3, -0.25) is 9.89 Å². The maximum atomic E-state index is 12.0. The number of aryl methyl sites for hydroxylation is 1. The number of amides is 1. The Labute approximate surface area is 126 Å². The Morgan fingerprint density at radius 1 is 1.14 bits per heavy atom. The van der Waals surface area contributed by atoms with Crippen LogP contribution in [0.2, 0.25) is 0 Å². The quantitative estimate of drug-likeness (QED) is 0.556. The van der Waals surface area contributed by atoms with Gasteiger partial charge in [-0.15, -0.1) is 0 Å². The molecule has 6 nitrogen and oxygen atoms in total. The van der Waals surface area contributed by atoms with Crippen LogP contribution in [0.3, 0.4) is 0 Å². The van der Waals surface area contributed by atoms with E-state index in [0.717, 1.165) is 16.5 Å². The molecule has 0 unspecified atom stereocenters. The van der Waals surface area contributed by atoms with Gasteiger partial charge in [-0.05, 0) is 42.3 Å². The number of benzene rings is 2. The summed E-state index contributed by atoms with van der Waals surface area (Å²) in [5.74, 6) is -0.458. The summed E-state index contributed by atoms with van der Waals surface area (Å²) in [4.78, 5) is 12.0. The van der Waals surface area contributed by atoms with E-state index in [-0.39, 0.29) is 23.8 Å². The molecule has 0 saturated carbocycles. The summed E-state index contributed by atoms with van der Waals surface area (Å²) >= 11 is 0. The Morgan fingerprint density at radius 2 is 2.00 bits per heavy atom. The fourth-order valence-electron chi connectivity index (χ4n) is 2.23. The molecule has 112 valence electrons. The van der Waals surface area contributed by atoms with Gasteiger partial charge in [-0.2, -0.15) is 5.10 Å². The monoisotopic (exact) mass is 297 g/mol. The number of H-pyrrole nitrogens is 1. The first-order chi connectivity index (χ1) is 10.6. The first kappa shape index (κ1) is 13.9. The van der Waals surface area contributed by atoms with Crippen LogP contribution in [-0.2, 0) is 11.2 Å². The van der Waals surface area contributed by atoms with Crippen molar-refractivity contribution in [1.82, 2.24) is 10.2 Å². The molecule has 4 N–H and O–H groups in total. The summed E-state index contributed by atoms with van der Waals surface area (Å²) in [6.07, 6.45) is 2.46.